The van der Waals surface area contributed by atoms with Gasteiger partial charge in [0, 0.05) is 0 Å². The number of carbonyl (C=O) groups is 1. The van der Waals surface area contributed by atoms with Crippen molar-refractivity contribution < 1.29 is 18.3 Å². The molecule has 5 heteroatoms. The molecule has 4 nitrogen and oxygen atoms in total. The van der Waals surface area contributed by atoms with Crippen LogP contribution < -0.4 is 0 Å². The normalized spacial score (nSPS) is 50.5. The zero-order valence-corrected chi connectivity index (χ0v) is 9.11. The highest BCUT2D eigenvalue weighted by molar-refractivity contribution is 7.91. The summed E-state index contributed by atoms with van der Waals surface area (Å²) in [4.78, 5) is 10.8. The molecule has 0 bridgehead atoms. The summed E-state index contributed by atoms with van der Waals surface area (Å²) < 4.78 is 22.8. The molecule has 5 atom stereocenters. The van der Waals surface area contributed by atoms with Gasteiger partial charge in [0.25, 0.3) is 0 Å². The Labute approximate surface area is 88.6 Å². The number of rotatable bonds is 1. The van der Waals surface area contributed by atoms with Crippen molar-refractivity contribution >= 4 is 15.8 Å². The van der Waals surface area contributed by atoms with Crippen molar-refractivity contribution in [2.75, 3.05) is 11.5 Å². The summed E-state index contributed by atoms with van der Waals surface area (Å²) in [5, 5.41) is 8.92. The summed E-state index contributed by atoms with van der Waals surface area (Å²) >= 11 is 0. The van der Waals surface area contributed by atoms with Gasteiger partial charge in [-0.25, -0.2) is 8.42 Å². The maximum Gasteiger partial charge on any atom is 0.306 e. The van der Waals surface area contributed by atoms with Crippen LogP contribution in [0.3, 0.4) is 0 Å². The Hall–Kier alpha value is -0.580. The van der Waals surface area contributed by atoms with E-state index in [4.69, 9.17) is 5.11 Å². The molecule has 3 rings (SSSR count). The Balaban J connectivity index is 1.78. The molecule has 3 aliphatic rings. The molecule has 2 aliphatic carbocycles. The largest absolute Gasteiger partial charge is 0.481 e. The fourth-order valence-electron chi connectivity index (χ4n) is 3.93. The van der Waals surface area contributed by atoms with Crippen molar-refractivity contribution in [3.8, 4) is 0 Å². The van der Waals surface area contributed by atoms with Gasteiger partial charge in [-0.15, -0.1) is 0 Å². The highest BCUT2D eigenvalue weighted by Crippen LogP contribution is 2.60. The van der Waals surface area contributed by atoms with E-state index in [1.165, 1.54) is 0 Å². The van der Waals surface area contributed by atoms with Crippen molar-refractivity contribution in [3.05, 3.63) is 0 Å². The first-order valence-corrected chi connectivity index (χ1v) is 7.23. The van der Waals surface area contributed by atoms with E-state index in [0.717, 1.165) is 0 Å². The fourth-order valence-corrected chi connectivity index (χ4v) is 6.23. The molecule has 0 aromatic heterocycles. The molecule has 1 N–H and O–H groups in total. The van der Waals surface area contributed by atoms with Crippen LogP contribution in [0.1, 0.15) is 12.8 Å². The molecule has 0 amide bonds. The zero-order chi connectivity index (χ0) is 10.8. The minimum absolute atomic E-state index is 0.215. The van der Waals surface area contributed by atoms with Crippen LogP contribution in [0.4, 0.5) is 0 Å². The predicted octanol–water partition coefficient (Wildman–Crippen LogP) is 0.388. The van der Waals surface area contributed by atoms with E-state index in [9.17, 15) is 13.2 Å². The van der Waals surface area contributed by atoms with E-state index in [0.29, 0.717) is 36.2 Å². The summed E-state index contributed by atoms with van der Waals surface area (Å²) in [7, 11) is -2.81. The molecular weight excluding hydrogens is 216 g/mol. The standard InChI is InChI=1S/C10H14O4S/c11-10(12)5-1-6-7(2-5)9-4-15(13,14)3-8(6)9/h5-9H,1-4H2,(H,11,12)/t5?,6-,7+,8-,9-/m0/s1. The highest BCUT2D eigenvalue weighted by Gasteiger charge is 2.60. The summed E-state index contributed by atoms with van der Waals surface area (Å²) in [5.74, 6) is 1.03. The van der Waals surface area contributed by atoms with Crippen LogP contribution in [0.25, 0.3) is 0 Å². The van der Waals surface area contributed by atoms with E-state index in [1.807, 2.05) is 0 Å². The molecule has 1 aliphatic heterocycles. The molecule has 2 saturated carbocycles. The first-order chi connectivity index (χ1) is 6.98. The second-order valence-electron chi connectivity index (χ2n) is 5.24. The molecule has 0 aromatic rings. The van der Waals surface area contributed by atoms with Gasteiger partial charge in [-0.05, 0) is 36.5 Å². The lowest BCUT2D eigenvalue weighted by atomic mass is 9.60. The smallest absolute Gasteiger partial charge is 0.306 e. The SMILES string of the molecule is O=C(O)C1C[C@@H]2[C@H](C1)[C@@H]1CS(=O)(=O)C[C@@H]21. The Morgan fingerprint density at radius 1 is 1.00 bits per heavy atom. The maximum absolute atomic E-state index is 11.4. The number of aliphatic carboxylic acids is 1. The molecular formula is C10H14O4S. The van der Waals surface area contributed by atoms with E-state index in [1.54, 1.807) is 0 Å². The molecule has 1 saturated heterocycles. The zero-order valence-electron chi connectivity index (χ0n) is 8.30. The Morgan fingerprint density at radius 3 is 1.87 bits per heavy atom. The van der Waals surface area contributed by atoms with Crippen LogP contribution >= 0.6 is 0 Å². The lowest BCUT2D eigenvalue weighted by molar-refractivity contribution is -0.141. The number of carboxylic acid groups (broad SMARTS) is 1. The average Bonchev–Trinajstić information content (AvgIpc) is 2.62. The Morgan fingerprint density at radius 2 is 1.47 bits per heavy atom. The second-order valence-corrected chi connectivity index (χ2v) is 7.39. The van der Waals surface area contributed by atoms with Crippen LogP contribution in [0.15, 0.2) is 0 Å². The second kappa shape index (κ2) is 2.75. The van der Waals surface area contributed by atoms with Gasteiger partial charge in [0.15, 0.2) is 9.84 Å². The Bertz CT molecular complexity index is 387. The minimum atomic E-state index is -2.81. The molecule has 0 aromatic carbocycles. The summed E-state index contributed by atoms with van der Waals surface area (Å²) in [6.07, 6.45) is 1.41. The molecule has 0 radical (unpaired) electrons. The van der Waals surface area contributed by atoms with Crippen LogP contribution in [0, 0.1) is 29.6 Å². The third-order valence-corrected chi connectivity index (χ3v) is 6.34. The van der Waals surface area contributed by atoms with Crippen molar-refractivity contribution in [3.63, 3.8) is 0 Å². The Kier molecular flexibility index (Phi) is 1.77. The lowest BCUT2D eigenvalue weighted by Gasteiger charge is -2.43. The monoisotopic (exact) mass is 230 g/mol. The van der Waals surface area contributed by atoms with Gasteiger partial charge in [-0.2, -0.15) is 0 Å². The van der Waals surface area contributed by atoms with Crippen molar-refractivity contribution in [1.29, 1.82) is 0 Å². The molecule has 84 valence electrons. The van der Waals surface area contributed by atoms with Gasteiger partial charge in [-0.3, -0.25) is 4.79 Å². The maximum atomic E-state index is 11.4. The number of carboxylic acids is 1. The fraction of sp³-hybridized carbons (Fsp3) is 0.900. The van der Waals surface area contributed by atoms with Gasteiger partial charge in [0.2, 0.25) is 0 Å². The van der Waals surface area contributed by atoms with Crippen LogP contribution in [0.2, 0.25) is 0 Å². The van der Waals surface area contributed by atoms with Crippen LogP contribution in [0.5, 0.6) is 0 Å². The van der Waals surface area contributed by atoms with E-state index in [2.05, 4.69) is 0 Å². The molecule has 1 heterocycles. The molecule has 0 spiro atoms. The van der Waals surface area contributed by atoms with Gasteiger partial charge in [0.05, 0.1) is 17.4 Å². The van der Waals surface area contributed by atoms with E-state index < -0.39 is 15.8 Å². The van der Waals surface area contributed by atoms with Gasteiger partial charge >= 0.3 is 5.97 Å². The number of sulfone groups is 1. The average molecular weight is 230 g/mol. The summed E-state index contributed by atoms with van der Waals surface area (Å²) in [6, 6.07) is 0. The van der Waals surface area contributed by atoms with Crippen LogP contribution in [-0.2, 0) is 14.6 Å². The first-order valence-electron chi connectivity index (χ1n) is 5.41. The molecule has 3 fully saturated rings. The number of hydrogen-bond donors (Lipinski definition) is 1. The topological polar surface area (TPSA) is 71.4 Å². The number of fused-ring (bicyclic) bond motifs is 4. The van der Waals surface area contributed by atoms with Crippen LogP contribution in [-0.4, -0.2) is 31.0 Å². The van der Waals surface area contributed by atoms with Gasteiger partial charge in [0.1, 0.15) is 0 Å². The predicted molar refractivity (Wildman–Crippen MR) is 53.0 cm³/mol. The van der Waals surface area contributed by atoms with E-state index >= 15 is 0 Å². The van der Waals surface area contributed by atoms with Crippen molar-refractivity contribution in [2.45, 2.75) is 12.8 Å². The summed E-state index contributed by atoms with van der Waals surface area (Å²) in [5.41, 5.74) is 0. The van der Waals surface area contributed by atoms with E-state index in [-0.39, 0.29) is 17.8 Å². The third kappa shape index (κ3) is 1.25. The lowest BCUT2D eigenvalue weighted by Crippen LogP contribution is -2.42. The molecule has 15 heavy (non-hydrogen) atoms. The highest BCUT2D eigenvalue weighted by atomic mass is 32.2. The number of hydrogen-bond acceptors (Lipinski definition) is 3. The quantitative estimate of drug-likeness (QED) is 0.707. The van der Waals surface area contributed by atoms with Gasteiger partial charge in [-0.1, -0.05) is 0 Å². The van der Waals surface area contributed by atoms with Gasteiger partial charge < -0.3 is 5.11 Å². The third-order valence-electron chi connectivity index (χ3n) is 4.56. The first kappa shape index (κ1) is 9.63. The van der Waals surface area contributed by atoms with Crippen molar-refractivity contribution in [2.24, 2.45) is 29.6 Å². The summed E-state index contributed by atoms with van der Waals surface area (Å²) in [6.45, 7) is 0. The minimum Gasteiger partial charge on any atom is -0.481 e. The van der Waals surface area contributed by atoms with Crippen molar-refractivity contribution in [1.82, 2.24) is 0 Å². The molecule has 1 unspecified atom stereocenters.